The van der Waals surface area contributed by atoms with Gasteiger partial charge in [0.05, 0.1) is 11.3 Å². The molecule has 2 aromatic rings. The summed E-state index contributed by atoms with van der Waals surface area (Å²) in [5, 5.41) is 15.2. The van der Waals surface area contributed by atoms with Gasteiger partial charge in [-0.1, -0.05) is 0 Å². The zero-order chi connectivity index (χ0) is 13.2. The number of thiazole rings is 1. The van der Waals surface area contributed by atoms with Crippen LogP contribution in [0.5, 0.6) is 0 Å². The summed E-state index contributed by atoms with van der Waals surface area (Å²) >= 11 is 1.53. The lowest BCUT2D eigenvalue weighted by Gasteiger charge is -2.16. The summed E-state index contributed by atoms with van der Waals surface area (Å²) in [5.41, 5.74) is 3.93. The minimum atomic E-state index is 0.605. The number of hydrogen-bond donors (Lipinski definition) is 1. The molecule has 5 heteroatoms. The van der Waals surface area contributed by atoms with Crippen molar-refractivity contribution in [2.45, 2.75) is 32.6 Å². The van der Waals surface area contributed by atoms with Gasteiger partial charge in [-0.25, -0.2) is 9.97 Å². The van der Waals surface area contributed by atoms with Crippen molar-refractivity contribution >= 4 is 22.3 Å². The number of aryl methyl sites for hydroxylation is 3. The molecular formula is C14H14N4S. The molecule has 0 amide bonds. The van der Waals surface area contributed by atoms with E-state index in [1.165, 1.54) is 29.7 Å². The lowest BCUT2D eigenvalue weighted by molar-refractivity contribution is 0.668. The van der Waals surface area contributed by atoms with Crippen LogP contribution >= 0.6 is 11.3 Å². The first-order valence-electron chi connectivity index (χ1n) is 6.38. The lowest BCUT2D eigenvalue weighted by Crippen LogP contribution is -2.08. The van der Waals surface area contributed by atoms with Gasteiger partial charge in [0.1, 0.15) is 11.9 Å². The monoisotopic (exact) mass is 270 g/mol. The number of fused-ring (bicyclic) bond motifs is 1. The Bertz CT molecular complexity index is 654. The fourth-order valence-electron chi connectivity index (χ4n) is 2.33. The van der Waals surface area contributed by atoms with E-state index in [0.29, 0.717) is 11.4 Å². The summed E-state index contributed by atoms with van der Waals surface area (Å²) < 4.78 is 0. The molecule has 0 saturated heterocycles. The number of nitrogens with zero attached hydrogens (tertiary/aromatic N) is 3. The Morgan fingerprint density at radius 2 is 2.16 bits per heavy atom. The van der Waals surface area contributed by atoms with Crippen molar-refractivity contribution in [1.29, 1.82) is 5.26 Å². The van der Waals surface area contributed by atoms with E-state index in [0.717, 1.165) is 29.4 Å². The summed E-state index contributed by atoms with van der Waals surface area (Å²) in [5.74, 6) is 0.637. The molecule has 0 aliphatic heterocycles. The predicted octanol–water partition coefficient (Wildman–Crippen LogP) is 3.34. The summed E-state index contributed by atoms with van der Waals surface area (Å²) in [6.45, 7) is 1.95. The number of aromatic nitrogens is 2. The van der Waals surface area contributed by atoms with E-state index in [1.807, 2.05) is 18.4 Å². The van der Waals surface area contributed by atoms with Gasteiger partial charge in [-0.2, -0.15) is 5.26 Å². The highest BCUT2D eigenvalue weighted by atomic mass is 32.1. The zero-order valence-electron chi connectivity index (χ0n) is 10.7. The minimum absolute atomic E-state index is 0.605. The van der Waals surface area contributed by atoms with Gasteiger partial charge in [-0.3, -0.25) is 0 Å². The maximum atomic E-state index is 9.26. The highest BCUT2D eigenvalue weighted by molar-refractivity contribution is 7.13. The van der Waals surface area contributed by atoms with Crippen molar-refractivity contribution in [1.82, 2.24) is 9.97 Å². The number of pyridine rings is 1. The van der Waals surface area contributed by atoms with Crippen LogP contribution in [0.3, 0.4) is 0 Å². The van der Waals surface area contributed by atoms with Gasteiger partial charge in [0, 0.05) is 11.1 Å². The summed E-state index contributed by atoms with van der Waals surface area (Å²) in [4.78, 5) is 8.97. The third-order valence-electron chi connectivity index (χ3n) is 3.27. The van der Waals surface area contributed by atoms with Crippen molar-refractivity contribution < 1.29 is 0 Å². The predicted molar refractivity (Wildman–Crippen MR) is 75.7 cm³/mol. The number of anilines is 2. The van der Waals surface area contributed by atoms with Crippen LogP contribution in [0.2, 0.25) is 0 Å². The highest BCUT2D eigenvalue weighted by Gasteiger charge is 2.15. The first kappa shape index (κ1) is 12.1. The molecule has 0 spiro atoms. The summed E-state index contributed by atoms with van der Waals surface area (Å²) in [7, 11) is 0. The average molecular weight is 270 g/mol. The molecule has 3 rings (SSSR count). The van der Waals surface area contributed by atoms with Crippen LogP contribution in [0.4, 0.5) is 10.9 Å². The molecule has 0 saturated carbocycles. The van der Waals surface area contributed by atoms with Gasteiger partial charge in [-0.15, -0.1) is 11.3 Å². The molecule has 0 unspecified atom stereocenters. The molecule has 1 aliphatic carbocycles. The van der Waals surface area contributed by atoms with Gasteiger partial charge < -0.3 is 5.32 Å². The second-order valence-corrected chi connectivity index (χ2v) is 5.59. The molecule has 0 aromatic carbocycles. The summed E-state index contributed by atoms with van der Waals surface area (Å²) in [6, 6.07) is 4.20. The van der Waals surface area contributed by atoms with E-state index >= 15 is 0 Å². The van der Waals surface area contributed by atoms with E-state index in [4.69, 9.17) is 0 Å². The molecule has 0 atom stereocenters. The molecule has 2 aromatic heterocycles. The largest absolute Gasteiger partial charge is 0.315 e. The SMILES string of the molecule is Cc1csc(Nc2nc3c(cc2C#N)CCCC3)n1. The molecular weight excluding hydrogens is 256 g/mol. The molecule has 19 heavy (non-hydrogen) atoms. The maximum Gasteiger partial charge on any atom is 0.188 e. The Hall–Kier alpha value is -1.93. The van der Waals surface area contributed by atoms with E-state index in [2.05, 4.69) is 21.4 Å². The Kier molecular flexibility index (Phi) is 3.18. The molecule has 96 valence electrons. The maximum absolute atomic E-state index is 9.26. The molecule has 4 nitrogen and oxygen atoms in total. The van der Waals surface area contributed by atoms with Crippen LogP contribution in [0, 0.1) is 18.3 Å². The number of rotatable bonds is 2. The normalized spacial score (nSPS) is 13.7. The standard InChI is InChI=1S/C14H14N4S/c1-9-8-19-14(16-9)18-13-11(7-15)6-10-4-2-3-5-12(10)17-13/h6,8H,2-5H2,1H3,(H,16,17,18). The van der Waals surface area contributed by atoms with Crippen molar-refractivity contribution in [3.63, 3.8) is 0 Å². The first-order valence-corrected chi connectivity index (χ1v) is 7.26. The van der Waals surface area contributed by atoms with Gasteiger partial charge in [0.25, 0.3) is 0 Å². The van der Waals surface area contributed by atoms with Crippen molar-refractivity contribution in [3.8, 4) is 6.07 Å². The van der Waals surface area contributed by atoms with Crippen LogP contribution in [0.15, 0.2) is 11.4 Å². The van der Waals surface area contributed by atoms with Crippen LogP contribution in [0.1, 0.15) is 35.4 Å². The second kappa shape index (κ2) is 4.98. The Balaban J connectivity index is 1.98. The Morgan fingerprint density at radius 1 is 1.32 bits per heavy atom. The Morgan fingerprint density at radius 3 is 2.89 bits per heavy atom. The van der Waals surface area contributed by atoms with E-state index in [9.17, 15) is 5.26 Å². The molecule has 0 radical (unpaired) electrons. The third-order valence-corrected chi connectivity index (χ3v) is 4.14. The quantitative estimate of drug-likeness (QED) is 0.909. The smallest absolute Gasteiger partial charge is 0.188 e. The van der Waals surface area contributed by atoms with Crippen LogP contribution < -0.4 is 5.32 Å². The second-order valence-electron chi connectivity index (χ2n) is 4.73. The molecule has 0 fully saturated rings. The van der Waals surface area contributed by atoms with Crippen molar-refractivity contribution in [3.05, 3.63) is 34.0 Å². The molecule has 1 N–H and O–H groups in total. The fraction of sp³-hybridized carbons (Fsp3) is 0.357. The van der Waals surface area contributed by atoms with Crippen LogP contribution in [0.25, 0.3) is 0 Å². The Labute approximate surface area is 116 Å². The fourth-order valence-corrected chi connectivity index (χ4v) is 3.01. The number of nitrogens with one attached hydrogen (secondary N) is 1. The third kappa shape index (κ3) is 2.45. The first-order chi connectivity index (χ1) is 9.26. The van der Waals surface area contributed by atoms with Crippen LogP contribution in [-0.4, -0.2) is 9.97 Å². The van der Waals surface area contributed by atoms with Crippen molar-refractivity contribution in [2.75, 3.05) is 5.32 Å². The van der Waals surface area contributed by atoms with E-state index in [-0.39, 0.29) is 0 Å². The van der Waals surface area contributed by atoms with Crippen LogP contribution in [-0.2, 0) is 12.8 Å². The zero-order valence-corrected chi connectivity index (χ0v) is 11.5. The lowest BCUT2D eigenvalue weighted by atomic mass is 9.95. The highest BCUT2D eigenvalue weighted by Crippen LogP contribution is 2.27. The minimum Gasteiger partial charge on any atom is -0.315 e. The molecule has 2 heterocycles. The number of hydrogen-bond acceptors (Lipinski definition) is 5. The van der Waals surface area contributed by atoms with Gasteiger partial charge >= 0.3 is 0 Å². The summed E-state index contributed by atoms with van der Waals surface area (Å²) in [6.07, 6.45) is 4.42. The van der Waals surface area contributed by atoms with Crippen molar-refractivity contribution in [2.24, 2.45) is 0 Å². The topological polar surface area (TPSA) is 61.6 Å². The average Bonchev–Trinajstić information content (AvgIpc) is 2.83. The van der Waals surface area contributed by atoms with Gasteiger partial charge in [0.2, 0.25) is 0 Å². The van der Waals surface area contributed by atoms with E-state index < -0.39 is 0 Å². The van der Waals surface area contributed by atoms with E-state index in [1.54, 1.807) is 0 Å². The molecule has 0 bridgehead atoms. The van der Waals surface area contributed by atoms with Gasteiger partial charge in [-0.05, 0) is 44.2 Å². The molecule has 1 aliphatic rings. The number of nitriles is 1. The van der Waals surface area contributed by atoms with Gasteiger partial charge in [0.15, 0.2) is 5.13 Å².